The van der Waals surface area contributed by atoms with Crippen molar-refractivity contribution in [2.75, 3.05) is 0 Å². The van der Waals surface area contributed by atoms with Gasteiger partial charge in [0.2, 0.25) is 0 Å². The van der Waals surface area contributed by atoms with E-state index < -0.39 is 22.5 Å². The van der Waals surface area contributed by atoms with E-state index in [1.54, 1.807) is 60.7 Å². The first kappa shape index (κ1) is 38.1. The van der Waals surface area contributed by atoms with Crippen LogP contribution in [0.5, 0.6) is 0 Å². The van der Waals surface area contributed by atoms with Crippen molar-refractivity contribution >= 4 is 99.0 Å². The number of rotatable bonds is 2. The van der Waals surface area contributed by atoms with Crippen LogP contribution in [0, 0.1) is 57.0 Å². The fourth-order valence-corrected chi connectivity index (χ4v) is 15.9. The average Bonchev–Trinajstić information content (AvgIpc) is 4.12. The highest BCUT2D eigenvalue weighted by Crippen LogP contribution is 2.65. The van der Waals surface area contributed by atoms with Gasteiger partial charge in [-0.25, -0.2) is 8.78 Å². The second kappa shape index (κ2) is 12.8. The van der Waals surface area contributed by atoms with E-state index in [1.807, 2.05) is 64.1 Å². The van der Waals surface area contributed by atoms with Crippen LogP contribution >= 0.6 is 45.3 Å². The van der Waals surface area contributed by atoms with Crippen molar-refractivity contribution in [2.45, 2.75) is 38.5 Å². The molecule has 294 valence electrons. The fourth-order valence-electron chi connectivity index (χ4n) is 9.96. The van der Waals surface area contributed by atoms with Crippen LogP contribution in [0.3, 0.4) is 0 Å². The van der Waals surface area contributed by atoms with Crippen LogP contribution in [0.2, 0.25) is 0 Å². The van der Waals surface area contributed by atoms with Crippen molar-refractivity contribution in [2.24, 2.45) is 0 Å². The Balaban J connectivity index is 1.02. The van der Waals surface area contributed by atoms with Gasteiger partial charge < -0.3 is 0 Å². The van der Waals surface area contributed by atoms with E-state index in [9.17, 15) is 30.6 Å². The van der Waals surface area contributed by atoms with Crippen molar-refractivity contribution in [1.29, 1.82) is 21.0 Å². The number of nitrogens with zero attached hydrogens (tertiary/aromatic N) is 4. The van der Waals surface area contributed by atoms with Gasteiger partial charge in [0.1, 0.15) is 47.1 Å². The number of hydrogen-bond acceptors (Lipinski definition) is 10. The van der Waals surface area contributed by atoms with Gasteiger partial charge in [0.15, 0.2) is 11.6 Å². The molecule has 7 aromatic rings. The van der Waals surface area contributed by atoms with Crippen LogP contribution in [-0.2, 0) is 10.8 Å². The molecule has 0 N–H and O–H groups in total. The van der Waals surface area contributed by atoms with Gasteiger partial charge in [-0.1, -0.05) is 76.2 Å². The number of allylic oxidation sites excluding steroid dienone is 6. The Hall–Kier alpha value is -6.90. The molecule has 0 saturated heterocycles. The average molecular weight is 879 g/mol. The molecule has 3 aromatic carbocycles. The molecule has 4 aliphatic rings. The summed E-state index contributed by atoms with van der Waals surface area (Å²) >= 11 is 5.61. The first-order valence-corrected chi connectivity index (χ1v) is 22.5. The molecular weight excluding hydrogens is 855 g/mol. The van der Waals surface area contributed by atoms with Gasteiger partial charge in [-0.3, -0.25) is 9.59 Å². The number of benzene rings is 3. The molecule has 0 unspecified atom stereocenters. The summed E-state index contributed by atoms with van der Waals surface area (Å²) < 4.78 is 38.7. The number of carbonyl (C=O) groups is 2. The molecule has 0 saturated carbocycles. The first-order chi connectivity index (χ1) is 29.8. The van der Waals surface area contributed by atoms with Crippen LogP contribution in [-0.4, -0.2) is 11.6 Å². The number of Topliss-reactive ketones (excluding diaryl/α,β-unsaturated/α-hetero) is 2. The Morgan fingerprint density at radius 3 is 1.26 bits per heavy atom. The van der Waals surface area contributed by atoms with Gasteiger partial charge in [-0.2, -0.15) is 21.0 Å². The minimum Gasteiger partial charge on any atom is -0.289 e. The zero-order chi connectivity index (χ0) is 43.3. The van der Waals surface area contributed by atoms with Crippen LogP contribution in [0.25, 0.3) is 63.0 Å². The zero-order valence-electron chi connectivity index (χ0n) is 32.9. The van der Waals surface area contributed by atoms with E-state index in [2.05, 4.69) is 0 Å². The summed E-state index contributed by atoms with van der Waals surface area (Å²) in [6.07, 6.45) is 3.43. The highest BCUT2D eigenvalue weighted by atomic mass is 32.1. The molecule has 11 rings (SSSR count). The summed E-state index contributed by atoms with van der Waals surface area (Å²) in [7, 11) is 0. The minimum atomic E-state index is -0.930. The van der Waals surface area contributed by atoms with E-state index >= 15 is 8.78 Å². The van der Waals surface area contributed by atoms with E-state index in [4.69, 9.17) is 0 Å². The lowest BCUT2D eigenvalue weighted by atomic mass is 9.78. The lowest BCUT2D eigenvalue weighted by molar-refractivity contribution is 0.103. The summed E-state index contributed by atoms with van der Waals surface area (Å²) in [5.74, 6) is -1.45. The van der Waals surface area contributed by atoms with Gasteiger partial charge in [0, 0.05) is 95.4 Å². The summed E-state index contributed by atoms with van der Waals surface area (Å²) in [6.45, 7) is 7.68. The molecule has 4 aliphatic carbocycles. The maximum absolute atomic E-state index is 17.6. The van der Waals surface area contributed by atoms with Gasteiger partial charge in [0.25, 0.3) is 0 Å². The van der Waals surface area contributed by atoms with Crippen molar-refractivity contribution in [3.63, 3.8) is 0 Å². The predicted octanol–water partition coefficient (Wildman–Crippen LogP) is 13.3. The molecule has 0 fully saturated rings. The third kappa shape index (κ3) is 4.70. The van der Waals surface area contributed by atoms with Crippen molar-refractivity contribution in [3.05, 3.63) is 149 Å². The van der Waals surface area contributed by atoms with E-state index in [0.29, 0.717) is 54.3 Å². The largest absolute Gasteiger partial charge is 0.289 e. The topological polar surface area (TPSA) is 129 Å². The molecule has 0 spiro atoms. The molecule has 4 aromatic heterocycles. The minimum absolute atomic E-state index is 0.149. The Kier molecular flexibility index (Phi) is 7.87. The highest BCUT2D eigenvalue weighted by molar-refractivity contribution is 7.31. The third-order valence-electron chi connectivity index (χ3n) is 12.5. The van der Waals surface area contributed by atoms with E-state index in [0.717, 1.165) is 39.7 Å². The standard InChI is InChI=1S/C50H24F2N4O2S4/c1-49(2)37-35(47-39(49)45-31(61-47)15-23(59-45)13-29-33(21(17-53)18-54)25-9-5-7-11-27(25)43(29)57)42(52)38-36(41(37)51)48-40(50(38,3)4)46-32(62-48)16-24(60-46)14-30-34(22(19-55)20-56)26-10-6-8-12-28(26)44(30)58/h5-16H,1-4H3. The van der Waals surface area contributed by atoms with Crippen LogP contribution in [0.1, 0.15) is 91.5 Å². The number of carbonyl (C=O) groups excluding carboxylic acids is 2. The SMILES string of the molecule is CC1(C)c2c(F)c3c(c(F)c2-c2sc4cc(C=C5C(=O)c6ccccc6C5=C(C#N)C#N)sc4c21)C(C)(C)c1c-3sc2cc(C=C3C(=O)c4ccccc4C3=C(C#N)C#N)sc12. The Morgan fingerprint density at radius 1 is 0.548 bits per heavy atom. The maximum atomic E-state index is 17.6. The van der Waals surface area contributed by atoms with Gasteiger partial charge in [0.05, 0.1) is 9.40 Å². The van der Waals surface area contributed by atoms with Crippen molar-refractivity contribution < 1.29 is 18.4 Å². The highest BCUT2D eigenvalue weighted by Gasteiger charge is 2.51. The number of ketones is 2. The Labute approximate surface area is 368 Å². The molecular formula is C50H24F2N4O2S4. The lowest BCUT2D eigenvalue weighted by Crippen LogP contribution is -2.21. The maximum Gasteiger partial charge on any atom is 0.194 e. The number of fused-ring (bicyclic) bond motifs is 12. The molecule has 0 radical (unpaired) electrons. The molecule has 0 amide bonds. The number of nitriles is 4. The summed E-state index contributed by atoms with van der Waals surface area (Å²) in [4.78, 5) is 30.1. The Morgan fingerprint density at radius 2 is 0.903 bits per heavy atom. The quantitative estimate of drug-likeness (QED) is 0.126. The smallest absolute Gasteiger partial charge is 0.194 e. The van der Waals surface area contributed by atoms with Gasteiger partial charge in [-0.15, -0.1) is 45.3 Å². The van der Waals surface area contributed by atoms with E-state index in [-0.39, 0.29) is 45.0 Å². The molecule has 4 heterocycles. The fraction of sp³-hybridized carbons (Fsp3) is 0.120. The summed E-state index contributed by atoms with van der Waals surface area (Å²) in [5.41, 5.74) is 3.70. The molecule has 0 aliphatic heterocycles. The second-order valence-corrected chi connectivity index (χ2v) is 20.8. The van der Waals surface area contributed by atoms with Gasteiger partial charge in [-0.05, 0) is 46.5 Å². The predicted molar refractivity (Wildman–Crippen MR) is 242 cm³/mol. The molecule has 12 heteroatoms. The normalized spacial score (nSPS) is 17.1. The molecule has 0 atom stereocenters. The molecule has 0 bridgehead atoms. The monoisotopic (exact) mass is 878 g/mol. The summed E-state index contributed by atoms with van der Waals surface area (Å²) in [6, 6.07) is 25.5. The Bertz CT molecular complexity index is 3420. The number of halogens is 2. The van der Waals surface area contributed by atoms with Crippen LogP contribution in [0.4, 0.5) is 8.78 Å². The zero-order valence-corrected chi connectivity index (χ0v) is 36.2. The first-order valence-electron chi connectivity index (χ1n) is 19.3. The second-order valence-electron chi connectivity index (χ2n) is 16.5. The van der Waals surface area contributed by atoms with Crippen molar-refractivity contribution in [3.8, 4) is 45.2 Å². The van der Waals surface area contributed by atoms with Crippen molar-refractivity contribution in [1.82, 2.24) is 0 Å². The molecule has 62 heavy (non-hydrogen) atoms. The third-order valence-corrected chi connectivity index (χ3v) is 17.3. The molecule has 6 nitrogen and oxygen atoms in total. The van der Waals surface area contributed by atoms with Crippen LogP contribution < -0.4 is 0 Å². The number of hydrogen-bond donors (Lipinski definition) is 0. The van der Waals surface area contributed by atoms with E-state index in [1.165, 1.54) is 45.3 Å². The van der Waals surface area contributed by atoms with Crippen LogP contribution in [0.15, 0.2) is 83.0 Å². The van der Waals surface area contributed by atoms with Gasteiger partial charge >= 0.3 is 0 Å². The lowest BCUT2D eigenvalue weighted by Gasteiger charge is -2.26. The number of thiophene rings is 4. The summed E-state index contributed by atoms with van der Waals surface area (Å²) in [5, 5.41) is 39.2.